The van der Waals surface area contributed by atoms with Gasteiger partial charge in [0.25, 0.3) is 0 Å². The van der Waals surface area contributed by atoms with Crippen LogP contribution in [0.1, 0.15) is 5.82 Å². The number of aliphatic hydroxyl groups excluding tert-OH is 1. The summed E-state index contributed by atoms with van der Waals surface area (Å²) in [6.07, 6.45) is -0.360. The van der Waals surface area contributed by atoms with Crippen LogP contribution in [0, 0.1) is 0 Å². The van der Waals surface area contributed by atoms with E-state index in [4.69, 9.17) is 4.74 Å². The molecule has 0 spiro atoms. The minimum absolute atomic E-state index is 0.164. The molecule has 16 heavy (non-hydrogen) atoms. The SMILES string of the molecule is CN1CCOC(C(O)Cc2nnn(C)n2)C1. The third kappa shape index (κ3) is 2.75. The number of morpholine rings is 1. The van der Waals surface area contributed by atoms with E-state index in [1.807, 2.05) is 7.05 Å². The molecule has 1 aromatic heterocycles. The molecule has 0 radical (unpaired) electrons. The van der Waals surface area contributed by atoms with Crippen molar-refractivity contribution in [1.29, 1.82) is 0 Å². The average molecular weight is 227 g/mol. The minimum atomic E-state index is -0.577. The lowest BCUT2D eigenvalue weighted by molar-refractivity contribution is -0.0828. The minimum Gasteiger partial charge on any atom is -0.390 e. The van der Waals surface area contributed by atoms with E-state index in [1.54, 1.807) is 7.05 Å². The Labute approximate surface area is 94.0 Å². The summed E-state index contributed by atoms with van der Waals surface area (Å²) in [5, 5.41) is 21.6. The molecule has 0 saturated carbocycles. The van der Waals surface area contributed by atoms with Gasteiger partial charge in [-0.05, 0) is 12.3 Å². The monoisotopic (exact) mass is 227 g/mol. The van der Waals surface area contributed by atoms with E-state index in [2.05, 4.69) is 20.3 Å². The summed E-state index contributed by atoms with van der Waals surface area (Å²) in [7, 11) is 3.72. The zero-order valence-electron chi connectivity index (χ0n) is 9.57. The Kier molecular flexibility index (Phi) is 3.47. The average Bonchev–Trinajstić information content (AvgIpc) is 2.64. The number of aryl methyl sites for hydroxylation is 1. The van der Waals surface area contributed by atoms with Crippen molar-refractivity contribution in [2.45, 2.75) is 18.6 Å². The first-order chi connectivity index (χ1) is 7.65. The van der Waals surface area contributed by atoms with Crippen LogP contribution in [0.3, 0.4) is 0 Å². The van der Waals surface area contributed by atoms with Crippen LogP contribution in [0.15, 0.2) is 0 Å². The van der Waals surface area contributed by atoms with Crippen LogP contribution in [0.25, 0.3) is 0 Å². The van der Waals surface area contributed by atoms with E-state index >= 15 is 0 Å². The second-order valence-corrected chi connectivity index (χ2v) is 4.14. The second-order valence-electron chi connectivity index (χ2n) is 4.14. The van der Waals surface area contributed by atoms with Gasteiger partial charge in [0.05, 0.1) is 25.9 Å². The van der Waals surface area contributed by atoms with E-state index in [0.29, 0.717) is 18.9 Å². The number of likely N-dealkylation sites (N-methyl/N-ethyl adjacent to an activating group) is 1. The summed E-state index contributed by atoms with van der Waals surface area (Å²) in [6.45, 7) is 2.31. The molecule has 2 rings (SSSR count). The van der Waals surface area contributed by atoms with E-state index in [9.17, 15) is 5.11 Å². The van der Waals surface area contributed by atoms with Gasteiger partial charge in [0.2, 0.25) is 0 Å². The molecule has 0 aliphatic carbocycles. The van der Waals surface area contributed by atoms with Gasteiger partial charge in [0, 0.05) is 19.5 Å². The van der Waals surface area contributed by atoms with E-state index in [0.717, 1.165) is 13.1 Å². The van der Waals surface area contributed by atoms with Crippen molar-refractivity contribution in [2.75, 3.05) is 26.7 Å². The van der Waals surface area contributed by atoms with Crippen LogP contribution in [0.4, 0.5) is 0 Å². The molecule has 90 valence electrons. The van der Waals surface area contributed by atoms with Gasteiger partial charge in [0.15, 0.2) is 5.82 Å². The van der Waals surface area contributed by atoms with Crippen LogP contribution in [0.2, 0.25) is 0 Å². The van der Waals surface area contributed by atoms with Gasteiger partial charge in [-0.2, -0.15) is 4.80 Å². The number of aromatic nitrogens is 4. The lowest BCUT2D eigenvalue weighted by atomic mass is 10.1. The molecule has 0 bridgehead atoms. The van der Waals surface area contributed by atoms with Crippen LogP contribution in [-0.2, 0) is 18.2 Å². The summed E-state index contributed by atoms with van der Waals surface area (Å²) < 4.78 is 5.51. The van der Waals surface area contributed by atoms with E-state index in [-0.39, 0.29) is 6.10 Å². The zero-order chi connectivity index (χ0) is 11.5. The fourth-order valence-electron chi connectivity index (χ4n) is 1.77. The fraction of sp³-hybridized carbons (Fsp3) is 0.889. The van der Waals surface area contributed by atoms with Crippen molar-refractivity contribution in [3.8, 4) is 0 Å². The molecule has 1 saturated heterocycles. The molecular weight excluding hydrogens is 210 g/mol. The first-order valence-electron chi connectivity index (χ1n) is 5.36. The highest BCUT2D eigenvalue weighted by Crippen LogP contribution is 2.10. The Balaban J connectivity index is 1.89. The van der Waals surface area contributed by atoms with Gasteiger partial charge in [-0.25, -0.2) is 0 Å². The molecule has 0 amide bonds. The molecule has 2 unspecified atom stereocenters. The number of hydrogen-bond donors (Lipinski definition) is 1. The summed E-state index contributed by atoms with van der Waals surface area (Å²) in [4.78, 5) is 3.53. The number of hydrogen-bond acceptors (Lipinski definition) is 6. The summed E-state index contributed by atoms with van der Waals surface area (Å²) in [5.74, 6) is 0.548. The van der Waals surface area contributed by atoms with Crippen LogP contribution < -0.4 is 0 Å². The molecule has 1 aliphatic heterocycles. The first-order valence-corrected chi connectivity index (χ1v) is 5.36. The highest BCUT2D eigenvalue weighted by molar-refractivity contribution is 4.86. The lowest BCUT2D eigenvalue weighted by Gasteiger charge is -2.32. The maximum atomic E-state index is 9.99. The number of aliphatic hydroxyl groups is 1. The summed E-state index contributed by atoms with van der Waals surface area (Å²) >= 11 is 0. The Morgan fingerprint density at radius 2 is 2.38 bits per heavy atom. The largest absolute Gasteiger partial charge is 0.390 e. The van der Waals surface area contributed by atoms with Crippen molar-refractivity contribution in [3.63, 3.8) is 0 Å². The van der Waals surface area contributed by atoms with Crippen molar-refractivity contribution in [1.82, 2.24) is 25.1 Å². The molecule has 2 heterocycles. The lowest BCUT2D eigenvalue weighted by Crippen LogP contribution is -2.46. The third-order valence-corrected chi connectivity index (χ3v) is 2.67. The van der Waals surface area contributed by atoms with Crippen molar-refractivity contribution >= 4 is 0 Å². The van der Waals surface area contributed by atoms with Crippen LogP contribution in [-0.4, -0.2) is 69.2 Å². The predicted molar refractivity (Wildman–Crippen MR) is 55.7 cm³/mol. The topological polar surface area (TPSA) is 76.3 Å². The third-order valence-electron chi connectivity index (χ3n) is 2.67. The van der Waals surface area contributed by atoms with Gasteiger partial charge < -0.3 is 14.7 Å². The molecular formula is C9H17N5O2. The second kappa shape index (κ2) is 4.86. The van der Waals surface area contributed by atoms with Gasteiger partial charge >= 0.3 is 0 Å². The van der Waals surface area contributed by atoms with E-state index < -0.39 is 6.10 Å². The molecule has 7 nitrogen and oxygen atoms in total. The Hall–Kier alpha value is -1.05. The van der Waals surface area contributed by atoms with Crippen LogP contribution >= 0.6 is 0 Å². The maximum absolute atomic E-state index is 9.99. The Bertz CT molecular complexity index is 342. The van der Waals surface area contributed by atoms with Crippen LogP contribution in [0.5, 0.6) is 0 Å². The van der Waals surface area contributed by atoms with Crippen molar-refractivity contribution < 1.29 is 9.84 Å². The summed E-state index contributed by atoms with van der Waals surface area (Å²) in [5.41, 5.74) is 0. The standard InChI is InChI=1S/C9H17N5O2/c1-13-3-4-16-8(6-13)7(15)5-9-10-12-14(2)11-9/h7-8,15H,3-6H2,1-2H3. The molecule has 7 heteroatoms. The first kappa shape index (κ1) is 11.4. The molecule has 1 N–H and O–H groups in total. The van der Waals surface area contributed by atoms with Crippen molar-refractivity contribution in [2.24, 2.45) is 7.05 Å². The highest BCUT2D eigenvalue weighted by atomic mass is 16.5. The molecule has 1 aromatic rings. The molecule has 1 aliphatic rings. The molecule has 1 fully saturated rings. The number of tetrazole rings is 1. The maximum Gasteiger partial charge on any atom is 0.177 e. The predicted octanol–water partition coefficient (Wildman–Crippen LogP) is -1.56. The molecule has 2 atom stereocenters. The highest BCUT2D eigenvalue weighted by Gasteiger charge is 2.26. The van der Waals surface area contributed by atoms with E-state index in [1.165, 1.54) is 4.80 Å². The Morgan fingerprint density at radius 1 is 1.56 bits per heavy atom. The molecule has 0 aromatic carbocycles. The summed E-state index contributed by atoms with van der Waals surface area (Å²) in [6, 6.07) is 0. The van der Waals surface area contributed by atoms with Gasteiger partial charge in [-0.3, -0.25) is 0 Å². The van der Waals surface area contributed by atoms with Gasteiger partial charge in [-0.1, -0.05) is 0 Å². The smallest absolute Gasteiger partial charge is 0.177 e. The number of ether oxygens (including phenoxy) is 1. The zero-order valence-corrected chi connectivity index (χ0v) is 9.57. The van der Waals surface area contributed by atoms with Gasteiger partial charge in [-0.15, -0.1) is 10.2 Å². The normalized spacial score (nSPS) is 24.6. The number of nitrogens with zero attached hydrogens (tertiary/aromatic N) is 5. The fourth-order valence-corrected chi connectivity index (χ4v) is 1.77. The van der Waals surface area contributed by atoms with Gasteiger partial charge in [0.1, 0.15) is 0 Å². The Morgan fingerprint density at radius 3 is 3.00 bits per heavy atom. The quantitative estimate of drug-likeness (QED) is 0.673. The van der Waals surface area contributed by atoms with Crippen molar-refractivity contribution in [3.05, 3.63) is 5.82 Å². The number of rotatable bonds is 3.